The van der Waals surface area contributed by atoms with E-state index in [4.69, 9.17) is 20.7 Å². The van der Waals surface area contributed by atoms with Crippen molar-refractivity contribution >= 4 is 26.5 Å². The van der Waals surface area contributed by atoms with Crippen molar-refractivity contribution in [3.05, 3.63) is 53.7 Å². The number of ether oxygens (including phenoxy) is 1. The topological polar surface area (TPSA) is 116 Å². The van der Waals surface area contributed by atoms with Crippen molar-refractivity contribution in [3.8, 4) is 11.5 Å². The summed E-state index contributed by atoms with van der Waals surface area (Å²) in [5.41, 5.74) is 5.48. The van der Waals surface area contributed by atoms with Crippen molar-refractivity contribution in [2.24, 2.45) is 5.73 Å². The average Bonchev–Trinajstić information content (AvgIpc) is 2.95. The average molecular weight is 364 g/mol. The van der Waals surface area contributed by atoms with Crippen molar-refractivity contribution in [2.45, 2.75) is 4.90 Å². The van der Waals surface area contributed by atoms with Crippen LogP contribution in [-0.4, -0.2) is 21.3 Å². The highest BCUT2D eigenvalue weighted by molar-refractivity contribution is 7.92. The highest BCUT2D eigenvalue weighted by atomic mass is 32.2. The molecular formula is C16H14F2N4O2S. The van der Waals surface area contributed by atoms with E-state index in [9.17, 15) is 13.0 Å². The summed E-state index contributed by atoms with van der Waals surface area (Å²) in [4.78, 5) is 2.70. The van der Waals surface area contributed by atoms with Crippen LogP contribution in [0.2, 0.25) is 0 Å². The predicted molar refractivity (Wildman–Crippen MR) is 90.8 cm³/mol. The van der Waals surface area contributed by atoms with Gasteiger partial charge in [-0.15, -0.1) is 0 Å². The molecule has 25 heavy (non-hydrogen) atoms. The number of nitrogens with two attached hydrogens (primary N) is 1. The van der Waals surface area contributed by atoms with Gasteiger partial charge in [-0.3, -0.25) is 5.41 Å². The van der Waals surface area contributed by atoms with Crippen LogP contribution in [0, 0.1) is 21.8 Å². The monoisotopic (exact) mass is 364 g/mol. The van der Waals surface area contributed by atoms with E-state index in [-0.39, 0.29) is 22.0 Å². The summed E-state index contributed by atoms with van der Waals surface area (Å²) in [6.07, 6.45) is 2.70. The van der Waals surface area contributed by atoms with Gasteiger partial charge >= 0.3 is 0 Å². The number of aromatic nitrogens is 1. The van der Waals surface area contributed by atoms with Crippen LogP contribution in [0.5, 0.6) is 11.5 Å². The van der Waals surface area contributed by atoms with Crippen LogP contribution in [0.4, 0.5) is 8.78 Å². The summed E-state index contributed by atoms with van der Waals surface area (Å²) in [7, 11) is -3.33. The number of rotatable bonds is 4. The molecule has 0 spiro atoms. The number of hydrogen-bond acceptors (Lipinski definition) is 4. The van der Waals surface area contributed by atoms with E-state index >= 15 is 0 Å². The molecule has 1 aromatic heterocycles. The van der Waals surface area contributed by atoms with E-state index in [1.54, 1.807) is 6.07 Å². The van der Waals surface area contributed by atoms with E-state index < -0.39 is 27.2 Å². The normalized spacial score (nSPS) is 13.6. The third-order valence-corrected chi connectivity index (χ3v) is 4.74. The molecule has 130 valence electrons. The molecule has 0 saturated heterocycles. The fourth-order valence-corrected chi connectivity index (χ4v) is 3.59. The zero-order valence-electron chi connectivity index (χ0n) is 13.0. The van der Waals surface area contributed by atoms with Gasteiger partial charge in [-0.05, 0) is 24.3 Å². The van der Waals surface area contributed by atoms with Gasteiger partial charge in [-0.2, -0.15) is 0 Å². The molecule has 0 aliphatic carbocycles. The van der Waals surface area contributed by atoms with E-state index in [0.29, 0.717) is 10.9 Å². The second kappa shape index (κ2) is 5.85. The molecule has 1 atom stereocenters. The minimum absolute atomic E-state index is 0.00489. The van der Waals surface area contributed by atoms with Gasteiger partial charge in [0.2, 0.25) is 0 Å². The van der Waals surface area contributed by atoms with Gasteiger partial charge in [0.05, 0.1) is 15.3 Å². The maximum Gasteiger partial charge on any atom is 0.180 e. The Labute approximate surface area is 142 Å². The van der Waals surface area contributed by atoms with Crippen LogP contribution in [0.25, 0.3) is 10.9 Å². The van der Waals surface area contributed by atoms with E-state index in [1.165, 1.54) is 12.3 Å². The van der Waals surface area contributed by atoms with Crippen LogP contribution in [0.1, 0.15) is 5.56 Å². The maximum atomic E-state index is 14.5. The molecular weight excluding hydrogens is 350 g/mol. The first-order chi connectivity index (χ1) is 11.7. The van der Waals surface area contributed by atoms with Crippen molar-refractivity contribution in [1.29, 1.82) is 10.2 Å². The van der Waals surface area contributed by atoms with Gasteiger partial charge < -0.3 is 15.5 Å². The first-order valence-corrected chi connectivity index (χ1v) is 9.00. The molecule has 0 radical (unpaired) electrons. The second-order valence-electron chi connectivity index (χ2n) is 5.46. The summed E-state index contributed by atoms with van der Waals surface area (Å²) in [6, 6.07) is 6.13. The number of benzene rings is 2. The molecule has 0 saturated carbocycles. The fourth-order valence-electron chi connectivity index (χ4n) is 2.50. The number of fused-ring (bicyclic) bond motifs is 1. The van der Waals surface area contributed by atoms with Gasteiger partial charge in [-0.1, -0.05) is 0 Å². The molecule has 0 aliphatic rings. The number of amidine groups is 1. The molecule has 0 amide bonds. The summed E-state index contributed by atoms with van der Waals surface area (Å²) in [6.45, 7) is 0. The Morgan fingerprint density at radius 1 is 1.24 bits per heavy atom. The highest BCUT2D eigenvalue weighted by Crippen LogP contribution is 2.37. The quantitative estimate of drug-likeness (QED) is 0.419. The van der Waals surface area contributed by atoms with E-state index in [1.807, 2.05) is 0 Å². The number of H-pyrrole nitrogens is 1. The van der Waals surface area contributed by atoms with Gasteiger partial charge in [-0.25, -0.2) is 17.8 Å². The number of nitrogens with one attached hydrogen (secondary N) is 3. The Hall–Kier alpha value is -2.94. The zero-order chi connectivity index (χ0) is 18.4. The standard InChI is InChI=1S/C16H14F2N4O2S/c1-25(21,23)15-9-4-5-22-13(9)7-12(18)14(15)24-8-2-3-11(17)10(6-8)16(19)20/h2-7,21-22H,1H3,(H3,19,20). The van der Waals surface area contributed by atoms with Crippen LogP contribution in [-0.2, 0) is 9.73 Å². The van der Waals surface area contributed by atoms with Crippen LogP contribution in [0.3, 0.4) is 0 Å². The van der Waals surface area contributed by atoms with Gasteiger partial charge in [0.15, 0.2) is 11.6 Å². The lowest BCUT2D eigenvalue weighted by Gasteiger charge is -2.14. The molecule has 1 unspecified atom stereocenters. The Balaban J connectivity index is 2.21. The molecule has 2 aromatic carbocycles. The Morgan fingerprint density at radius 2 is 1.96 bits per heavy atom. The predicted octanol–water partition coefficient (Wildman–Crippen LogP) is 3.56. The Bertz CT molecular complexity index is 1110. The van der Waals surface area contributed by atoms with Crippen molar-refractivity contribution in [2.75, 3.05) is 6.26 Å². The SMILES string of the molecule is CS(=N)(=O)c1c(Oc2ccc(F)c(C(=N)N)c2)c(F)cc2[nH]ccc12. The maximum absolute atomic E-state index is 14.5. The summed E-state index contributed by atoms with van der Waals surface area (Å²) < 4.78 is 53.9. The molecule has 0 bridgehead atoms. The van der Waals surface area contributed by atoms with Crippen LogP contribution >= 0.6 is 0 Å². The molecule has 9 heteroatoms. The lowest BCUT2D eigenvalue weighted by Crippen LogP contribution is -2.13. The highest BCUT2D eigenvalue weighted by Gasteiger charge is 2.22. The number of halogens is 2. The first kappa shape index (κ1) is 16.9. The van der Waals surface area contributed by atoms with Gasteiger partial charge in [0.1, 0.15) is 22.3 Å². The third-order valence-electron chi connectivity index (χ3n) is 3.56. The minimum atomic E-state index is -3.33. The second-order valence-corrected chi connectivity index (χ2v) is 7.55. The zero-order valence-corrected chi connectivity index (χ0v) is 13.8. The van der Waals surface area contributed by atoms with Crippen molar-refractivity contribution in [3.63, 3.8) is 0 Å². The van der Waals surface area contributed by atoms with Crippen LogP contribution in [0.15, 0.2) is 41.4 Å². The summed E-state index contributed by atoms with van der Waals surface area (Å²) in [5.74, 6) is -2.42. The number of nitrogen functional groups attached to an aromatic ring is 1. The van der Waals surface area contributed by atoms with Gasteiger partial charge in [0, 0.05) is 29.4 Å². The fraction of sp³-hybridized carbons (Fsp3) is 0.0625. The van der Waals surface area contributed by atoms with Crippen molar-refractivity contribution in [1.82, 2.24) is 4.98 Å². The largest absolute Gasteiger partial charge is 0.453 e. The molecule has 5 N–H and O–H groups in total. The van der Waals surface area contributed by atoms with Crippen LogP contribution < -0.4 is 10.5 Å². The summed E-state index contributed by atoms with van der Waals surface area (Å²) >= 11 is 0. The van der Waals surface area contributed by atoms with E-state index in [0.717, 1.165) is 24.5 Å². The first-order valence-electron chi connectivity index (χ1n) is 7.03. The Kier molecular flexibility index (Phi) is 3.96. The number of hydrogen-bond donors (Lipinski definition) is 4. The molecule has 1 heterocycles. The lowest BCUT2D eigenvalue weighted by atomic mass is 10.2. The molecule has 3 rings (SSSR count). The molecule has 0 aliphatic heterocycles. The lowest BCUT2D eigenvalue weighted by molar-refractivity contribution is 0.430. The van der Waals surface area contributed by atoms with Crippen molar-refractivity contribution < 1.29 is 17.7 Å². The van der Waals surface area contributed by atoms with Gasteiger partial charge in [0.25, 0.3) is 0 Å². The minimum Gasteiger partial charge on any atom is -0.453 e. The summed E-state index contributed by atoms with van der Waals surface area (Å²) in [5, 5.41) is 7.75. The third kappa shape index (κ3) is 3.05. The molecule has 6 nitrogen and oxygen atoms in total. The number of aromatic amines is 1. The Morgan fingerprint density at radius 3 is 2.60 bits per heavy atom. The van der Waals surface area contributed by atoms with E-state index in [2.05, 4.69) is 4.98 Å². The molecule has 0 fully saturated rings. The smallest absolute Gasteiger partial charge is 0.180 e. The molecule has 3 aromatic rings.